The Morgan fingerprint density at radius 1 is 1.21 bits per heavy atom. The molecule has 11 heteroatoms. The number of rotatable bonds is 11. The van der Waals surface area contributed by atoms with Gasteiger partial charge >= 0.3 is 0 Å². The Labute approximate surface area is 201 Å². The SMILES string of the molecule is C[Si](C)CCOCn1nccc1-c1ccc(Oc2ccc3c(c2)O[C@@H](COS(C)(=O)=O)C3)nc1. The van der Waals surface area contributed by atoms with Crippen LogP contribution in [0, 0.1) is 0 Å². The van der Waals surface area contributed by atoms with Gasteiger partial charge in [-0.25, -0.2) is 9.67 Å². The smallest absolute Gasteiger partial charge is 0.264 e. The first kappa shape index (κ1) is 24.4. The zero-order valence-corrected chi connectivity index (χ0v) is 21.2. The van der Waals surface area contributed by atoms with Crippen LogP contribution in [-0.4, -0.2) is 57.6 Å². The minimum Gasteiger partial charge on any atom is -0.487 e. The predicted octanol–water partition coefficient (Wildman–Crippen LogP) is 3.75. The standard InChI is InChI=1S/C23H28N3O6SSi/c1-33(27,28)30-15-20-12-17-4-6-19(13-22(17)31-20)32-23-7-5-18(14-24-23)21-8-9-25-26(21)16-29-10-11-34(2)3/h4-9,13-14,20H,10-12,15-16H2,1-3H3/t20-/m1/s1. The van der Waals surface area contributed by atoms with Gasteiger partial charge in [-0.05, 0) is 29.8 Å². The summed E-state index contributed by atoms with van der Waals surface area (Å²) in [5, 5.41) is 4.35. The van der Waals surface area contributed by atoms with Crippen molar-refractivity contribution in [3.63, 3.8) is 0 Å². The van der Waals surface area contributed by atoms with Gasteiger partial charge in [0.25, 0.3) is 10.1 Å². The summed E-state index contributed by atoms with van der Waals surface area (Å²) in [5.74, 6) is 1.68. The molecule has 0 unspecified atom stereocenters. The molecule has 1 atom stereocenters. The molecule has 4 rings (SSSR count). The highest BCUT2D eigenvalue weighted by Crippen LogP contribution is 2.34. The molecule has 1 aliphatic rings. The fourth-order valence-electron chi connectivity index (χ4n) is 3.46. The van der Waals surface area contributed by atoms with Crippen LogP contribution in [0.5, 0.6) is 17.4 Å². The second-order valence-corrected chi connectivity index (χ2v) is 13.0. The highest BCUT2D eigenvalue weighted by molar-refractivity contribution is 7.85. The van der Waals surface area contributed by atoms with Crippen LogP contribution in [0.3, 0.4) is 0 Å². The van der Waals surface area contributed by atoms with E-state index in [1.165, 1.54) is 0 Å². The first-order chi connectivity index (χ1) is 16.3. The molecule has 9 nitrogen and oxygen atoms in total. The van der Waals surface area contributed by atoms with E-state index < -0.39 is 10.1 Å². The molecule has 1 aliphatic heterocycles. The molecule has 1 aromatic carbocycles. The topological polar surface area (TPSA) is 102 Å². The molecular weight excluding hydrogens is 474 g/mol. The van der Waals surface area contributed by atoms with Crippen molar-refractivity contribution in [1.82, 2.24) is 14.8 Å². The van der Waals surface area contributed by atoms with Crippen LogP contribution in [-0.2, 0) is 32.2 Å². The van der Waals surface area contributed by atoms with Gasteiger partial charge in [-0.3, -0.25) is 4.18 Å². The van der Waals surface area contributed by atoms with Gasteiger partial charge in [0.15, 0.2) is 0 Å². The fraction of sp³-hybridized carbons (Fsp3) is 0.391. The molecule has 181 valence electrons. The van der Waals surface area contributed by atoms with Crippen LogP contribution < -0.4 is 9.47 Å². The average molecular weight is 503 g/mol. The number of hydrogen-bond acceptors (Lipinski definition) is 8. The Morgan fingerprint density at radius 3 is 2.79 bits per heavy atom. The quantitative estimate of drug-likeness (QED) is 0.222. The second-order valence-electron chi connectivity index (χ2n) is 8.40. The van der Waals surface area contributed by atoms with Gasteiger partial charge in [0, 0.05) is 51.9 Å². The maximum absolute atomic E-state index is 11.2. The highest BCUT2D eigenvalue weighted by Gasteiger charge is 2.25. The first-order valence-electron chi connectivity index (χ1n) is 10.9. The van der Waals surface area contributed by atoms with Crippen molar-refractivity contribution in [1.29, 1.82) is 0 Å². The van der Waals surface area contributed by atoms with E-state index in [1.54, 1.807) is 24.5 Å². The van der Waals surface area contributed by atoms with Crippen molar-refractivity contribution in [2.45, 2.75) is 38.4 Å². The Balaban J connectivity index is 1.35. The Bertz CT molecular complexity index is 1210. The van der Waals surface area contributed by atoms with E-state index in [0.29, 0.717) is 30.5 Å². The number of nitrogens with zero attached hydrogens (tertiary/aromatic N) is 3. The van der Waals surface area contributed by atoms with Crippen molar-refractivity contribution in [2.75, 3.05) is 19.5 Å². The minimum atomic E-state index is -3.50. The molecule has 0 bridgehead atoms. The van der Waals surface area contributed by atoms with Crippen molar-refractivity contribution in [3.8, 4) is 28.6 Å². The lowest BCUT2D eigenvalue weighted by Crippen LogP contribution is -2.22. The van der Waals surface area contributed by atoms with Gasteiger partial charge in [-0.2, -0.15) is 13.5 Å². The Morgan fingerprint density at radius 2 is 2.06 bits per heavy atom. The predicted molar refractivity (Wildman–Crippen MR) is 129 cm³/mol. The summed E-state index contributed by atoms with van der Waals surface area (Å²) in [6.07, 6.45) is 4.74. The highest BCUT2D eigenvalue weighted by atomic mass is 32.2. The third-order valence-corrected chi connectivity index (χ3v) is 6.95. The Hall–Kier alpha value is -2.73. The molecule has 1 radical (unpaired) electrons. The van der Waals surface area contributed by atoms with E-state index in [2.05, 4.69) is 23.2 Å². The van der Waals surface area contributed by atoms with Gasteiger partial charge < -0.3 is 14.2 Å². The van der Waals surface area contributed by atoms with E-state index in [1.807, 2.05) is 28.9 Å². The summed E-state index contributed by atoms with van der Waals surface area (Å²) in [6.45, 7) is 5.66. The van der Waals surface area contributed by atoms with Crippen LogP contribution in [0.2, 0.25) is 19.1 Å². The van der Waals surface area contributed by atoms with Crippen molar-refractivity contribution < 1.29 is 26.8 Å². The summed E-state index contributed by atoms with van der Waals surface area (Å²) in [4.78, 5) is 4.43. The molecule has 2 aromatic heterocycles. The van der Waals surface area contributed by atoms with E-state index in [0.717, 1.165) is 35.7 Å². The van der Waals surface area contributed by atoms with Gasteiger partial charge in [0.05, 0.1) is 11.9 Å². The molecule has 0 aliphatic carbocycles. The zero-order chi connectivity index (χ0) is 24.1. The molecule has 0 amide bonds. The second kappa shape index (κ2) is 10.7. The molecule has 3 aromatic rings. The maximum atomic E-state index is 11.2. The van der Waals surface area contributed by atoms with Gasteiger partial charge in [0.2, 0.25) is 5.88 Å². The third-order valence-electron chi connectivity index (χ3n) is 5.18. The van der Waals surface area contributed by atoms with Crippen molar-refractivity contribution in [2.24, 2.45) is 0 Å². The number of aromatic nitrogens is 3. The molecule has 0 saturated heterocycles. The number of pyridine rings is 1. The number of fused-ring (bicyclic) bond motifs is 1. The molecular formula is C23H28N3O6SSi. The van der Waals surface area contributed by atoms with Crippen LogP contribution in [0.4, 0.5) is 0 Å². The number of benzene rings is 1. The summed E-state index contributed by atoms with van der Waals surface area (Å²) in [7, 11) is -3.80. The van der Waals surface area contributed by atoms with Crippen LogP contribution >= 0.6 is 0 Å². The first-order valence-corrected chi connectivity index (χ1v) is 15.5. The minimum absolute atomic E-state index is 0.0205. The lowest BCUT2D eigenvalue weighted by atomic mass is 10.1. The fourth-order valence-corrected chi connectivity index (χ4v) is 4.41. The van der Waals surface area contributed by atoms with Crippen molar-refractivity contribution >= 4 is 18.9 Å². The molecule has 0 fully saturated rings. The van der Waals surface area contributed by atoms with Crippen LogP contribution in [0.1, 0.15) is 5.56 Å². The maximum Gasteiger partial charge on any atom is 0.264 e. The third kappa shape index (κ3) is 6.66. The molecule has 0 spiro atoms. The van der Waals surface area contributed by atoms with E-state index >= 15 is 0 Å². The summed E-state index contributed by atoms with van der Waals surface area (Å²) < 4.78 is 46.5. The molecule has 34 heavy (non-hydrogen) atoms. The normalized spacial score (nSPS) is 15.4. The molecule has 3 heterocycles. The lowest BCUT2D eigenvalue weighted by molar-refractivity contribution is 0.0801. The van der Waals surface area contributed by atoms with Crippen LogP contribution in [0.15, 0.2) is 48.8 Å². The summed E-state index contributed by atoms with van der Waals surface area (Å²) >= 11 is 0. The molecule has 0 saturated carbocycles. The average Bonchev–Trinajstić information content (AvgIpc) is 3.41. The van der Waals surface area contributed by atoms with E-state index in [-0.39, 0.29) is 21.5 Å². The van der Waals surface area contributed by atoms with Crippen molar-refractivity contribution in [3.05, 3.63) is 54.4 Å². The largest absolute Gasteiger partial charge is 0.487 e. The number of ether oxygens (including phenoxy) is 3. The Kier molecular flexibility index (Phi) is 7.66. The summed E-state index contributed by atoms with van der Waals surface area (Å²) in [6, 6.07) is 12.3. The lowest BCUT2D eigenvalue weighted by Gasteiger charge is -2.11. The molecule has 0 N–H and O–H groups in total. The van der Waals surface area contributed by atoms with Crippen LogP contribution in [0.25, 0.3) is 11.3 Å². The van der Waals surface area contributed by atoms with Gasteiger partial charge in [-0.1, -0.05) is 19.2 Å². The van der Waals surface area contributed by atoms with E-state index in [9.17, 15) is 8.42 Å². The number of hydrogen-bond donors (Lipinski definition) is 0. The summed E-state index contributed by atoms with van der Waals surface area (Å²) in [5.41, 5.74) is 2.81. The van der Waals surface area contributed by atoms with E-state index in [4.69, 9.17) is 18.4 Å². The van der Waals surface area contributed by atoms with Gasteiger partial charge in [-0.15, -0.1) is 0 Å². The monoisotopic (exact) mass is 502 g/mol. The zero-order valence-electron chi connectivity index (χ0n) is 19.4. The van der Waals surface area contributed by atoms with Gasteiger partial charge in [0.1, 0.15) is 30.9 Å².